The zero-order valence-corrected chi connectivity index (χ0v) is 14.1. The fourth-order valence-electron chi connectivity index (χ4n) is 1.97. The van der Waals surface area contributed by atoms with Crippen molar-refractivity contribution in [1.29, 1.82) is 0 Å². The lowest BCUT2D eigenvalue weighted by atomic mass is 10.1. The number of rotatable bonds is 3. The molecule has 0 spiro atoms. The molecule has 1 aliphatic rings. The number of likely N-dealkylation sites (N-methyl/N-ethyl adjacent to an activating group) is 2. The lowest BCUT2D eigenvalue weighted by Gasteiger charge is -2.29. The number of sulfonamides is 2. The number of thiophene rings is 1. The van der Waals surface area contributed by atoms with Crippen LogP contribution in [0.25, 0.3) is 0 Å². The van der Waals surface area contributed by atoms with E-state index in [0.717, 1.165) is 0 Å². The number of fused-ring (bicyclic) bond motifs is 1. The quantitative estimate of drug-likeness (QED) is 0.793. The van der Waals surface area contributed by atoms with Gasteiger partial charge in [-0.05, 0) is 12.6 Å². The maximum Gasteiger partial charge on any atom is 0.252 e. The molecule has 0 aliphatic carbocycles. The molecule has 1 atom stereocenters. The molecule has 0 saturated heterocycles. The standard InChI is InChI=1S/C9H15N3O4S3.ClH/c1-3-11-7-5-12(2)19(15,16)9-6(7)4-8(17-9)18(10,13)14;/h4,7,11H,3,5H2,1-2H3,(H2,10,13,14);1H. The van der Waals surface area contributed by atoms with Crippen LogP contribution in [0.2, 0.25) is 0 Å². The smallest absolute Gasteiger partial charge is 0.252 e. The zero-order valence-electron chi connectivity index (χ0n) is 10.9. The summed E-state index contributed by atoms with van der Waals surface area (Å²) in [5.41, 5.74) is 0.481. The number of nitrogens with one attached hydrogen (secondary N) is 1. The molecule has 0 aromatic carbocycles. The summed E-state index contributed by atoms with van der Waals surface area (Å²) in [5.74, 6) is 0. The van der Waals surface area contributed by atoms with E-state index in [9.17, 15) is 16.8 Å². The lowest BCUT2D eigenvalue weighted by molar-refractivity contribution is 0.385. The van der Waals surface area contributed by atoms with Gasteiger partial charge in [0.1, 0.15) is 8.42 Å². The number of primary sulfonamides is 1. The third-order valence-corrected chi connectivity index (χ3v) is 7.81. The van der Waals surface area contributed by atoms with Crippen LogP contribution in [-0.4, -0.2) is 41.3 Å². The van der Waals surface area contributed by atoms with Gasteiger partial charge in [-0.2, -0.15) is 4.31 Å². The second-order valence-corrected chi connectivity index (χ2v) is 9.33. The van der Waals surface area contributed by atoms with E-state index in [1.54, 1.807) is 0 Å². The van der Waals surface area contributed by atoms with E-state index >= 15 is 0 Å². The molecule has 20 heavy (non-hydrogen) atoms. The first-order chi connectivity index (χ1) is 8.67. The Hall–Kier alpha value is -0.230. The molecular formula is C9H16ClN3O4S3. The predicted molar refractivity (Wildman–Crippen MR) is 79.2 cm³/mol. The number of hydrogen-bond acceptors (Lipinski definition) is 6. The molecule has 0 bridgehead atoms. The van der Waals surface area contributed by atoms with Crippen molar-refractivity contribution in [2.45, 2.75) is 21.4 Å². The van der Waals surface area contributed by atoms with Crippen molar-refractivity contribution in [3.8, 4) is 0 Å². The van der Waals surface area contributed by atoms with Crippen LogP contribution in [0.1, 0.15) is 18.5 Å². The second-order valence-electron chi connectivity index (χ2n) is 4.25. The van der Waals surface area contributed by atoms with Crippen molar-refractivity contribution in [1.82, 2.24) is 9.62 Å². The molecule has 0 saturated carbocycles. The Morgan fingerprint density at radius 2 is 2.15 bits per heavy atom. The Balaban J connectivity index is 0.00000200. The van der Waals surface area contributed by atoms with Gasteiger partial charge in [0, 0.05) is 25.2 Å². The van der Waals surface area contributed by atoms with Gasteiger partial charge >= 0.3 is 0 Å². The maximum absolute atomic E-state index is 12.2. The fourth-order valence-corrected chi connectivity index (χ4v) is 6.02. The molecule has 2 heterocycles. The number of halogens is 1. The Morgan fingerprint density at radius 1 is 1.55 bits per heavy atom. The Kier molecular flexibility index (Phi) is 5.23. The molecular weight excluding hydrogens is 346 g/mol. The van der Waals surface area contributed by atoms with Crippen molar-refractivity contribution in [2.75, 3.05) is 20.1 Å². The fraction of sp³-hybridized carbons (Fsp3) is 0.556. The Labute approximate surface area is 128 Å². The van der Waals surface area contributed by atoms with E-state index < -0.39 is 20.0 Å². The molecule has 116 valence electrons. The average molecular weight is 362 g/mol. The molecule has 1 aromatic heterocycles. The highest BCUT2D eigenvalue weighted by Crippen LogP contribution is 2.39. The molecule has 2 rings (SSSR count). The van der Waals surface area contributed by atoms with Gasteiger partial charge in [-0.25, -0.2) is 22.0 Å². The minimum atomic E-state index is -3.90. The van der Waals surface area contributed by atoms with Crippen molar-refractivity contribution in [3.05, 3.63) is 11.6 Å². The van der Waals surface area contributed by atoms with Gasteiger partial charge in [-0.1, -0.05) is 6.92 Å². The van der Waals surface area contributed by atoms with E-state index in [0.29, 0.717) is 23.4 Å². The predicted octanol–water partition coefficient (Wildman–Crippen LogP) is 0.102. The lowest BCUT2D eigenvalue weighted by Crippen LogP contribution is -2.40. The van der Waals surface area contributed by atoms with Crippen LogP contribution in [0.5, 0.6) is 0 Å². The van der Waals surface area contributed by atoms with Gasteiger partial charge in [0.15, 0.2) is 0 Å². The zero-order chi connectivity index (χ0) is 14.4. The molecule has 11 heteroatoms. The van der Waals surface area contributed by atoms with E-state index in [4.69, 9.17) is 5.14 Å². The molecule has 1 aromatic rings. The average Bonchev–Trinajstić information content (AvgIpc) is 2.72. The molecule has 3 N–H and O–H groups in total. The van der Waals surface area contributed by atoms with Crippen LogP contribution in [-0.2, 0) is 20.0 Å². The monoisotopic (exact) mass is 361 g/mol. The van der Waals surface area contributed by atoms with Crippen molar-refractivity contribution >= 4 is 43.8 Å². The SMILES string of the molecule is CCNC1CN(C)S(=O)(=O)c2sc(S(N)(=O)=O)cc21.Cl. The Bertz CT molecular complexity index is 698. The number of nitrogens with zero attached hydrogens (tertiary/aromatic N) is 1. The van der Waals surface area contributed by atoms with Crippen molar-refractivity contribution in [3.63, 3.8) is 0 Å². The second kappa shape index (κ2) is 5.87. The summed E-state index contributed by atoms with van der Waals surface area (Å²) in [6.07, 6.45) is 0. The minimum Gasteiger partial charge on any atom is -0.309 e. The molecule has 0 amide bonds. The summed E-state index contributed by atoms with van der Waals surface area (Å²) in [6.45, 7) is 2.82. The summed E-state index contributed by atoms with van der Waals surface area (Å²) < 4.78 is 48.2. The minimum absolute atomic E-state index is 0. The van der Waals surface area contributed by atoms with Gasteiger partial charge in [-0.3, -0.25) is 0 Å². The van der Waals surface area contributed by atoms with Crippen LogP contribution >= 0.6 is 23.7 Å². The highest BCUT2D eigenvalue weighted by Gasteiger charge is 2.37. The van der Waals surface area contributed by atoms with Gasteiger partial charge in [0.05, 0.1) is 0 Å². The van der Waals surface area contributed by atoms with Gasteiger partial charge in [-0.15, -0.1) is 23.7 Å². The van der Waals surface area contributed by atoms with Crippen LogP contribution in [0.15, 0.2) is 14.5 Å². The third-order valence-electron chi connectivity index (χ3n) is 2.89. The van der Waals surface area contributed by atoms with E-state index in [1.165, 1.54) is 17.4 Å². The maximum atomic E-state index is 12.2. The highest BCUT2D eigenvalue weighted by molar-refractivity contribution is 7.94. The van der Waals surface area contributed by atoms with Crippen LogP contribution in [0.3, 0.4) is 0 Å². The summed E-state index contributed by atoms with van der Waals surface area (Å²) in [7, 11) is -6.04. The van der Waals surface area contributed by atoms with Crippen molar-refractivity contribution in [2.24, 2.45) is 5.14 Å². The Morgan fingerprint density at radius 3 is 2.65 bits per heavy atom. The molecule has 1 unspecified atom stereocenters. The third kappa shape index (κ3) is 3.01. The van der Waals surface area contributed by atoms with Gasteiger partial charge < -0.3 is 5.32 Å². The summed E-state index contributed by atoms with van der Waals surface area (Å²) in [6, 6.07) is 1.13. The number of hydrogen-bond donors (Lipinski definition) is 2. The van der Waals surface area contributed by atoms with Gasteiger partial charge in [0.25, 0.3) is 10.0 Å². The number of nitrogens with two attached hydrogens (primary N) is 1. The van der Waals surface area contributed by atoms with Crippen LogP contribution in [0.4, 0.5) is 0 Å². The first kappa shape index (κ1) is 17.8. The van der Waals surface area contributed by atoms with E-state index in [2.05, 4.69) is 5.32 Å². The molecule has 0 fully saturated rings. The topological polar surface area (TPSA) is 110 Å². The first-order valence-corrected chi connectivity index (χ1v) is 9.34. The molecule has 7 nitrogen and oxygen atoms in total. The van der Waals surface area contributed by atoms with Crippen LogP contribution < -0.4 is 10.5 Å². The van der Waals surface area contributed by atoms with Gasteiger partial charge in [0.2, 0.25) is 10.0 Å². The normalized spacial score (nSPS) is 22.1. The van der Waals surface area contributed by atoms with E-state index in [-0.39, 0.29) is 33.4 Å². The molecule has 0 radical (unpaired) electrons. The van der Waals surface area contributed by atoms with Crippen LogP contribution in [0, 0.1) is 0 Å². The summed E-state index contributed by atoms with van der Waals surface area (Å²) in [4.78, 5) is 0. The van der Waals surface area contributed by atoms with E-state index in [1.807, 2.05) is 6.92 Å². The summed E-state index contributed by atoms with van der Waals surface area (Å²) >= 11 is 0.700. The van der Waals surface area contributed by atoms with Crippen molar-refractivity contribution < 1.29 is 16.8 Å². The highest BCUT2D eigenvalue weighted by atomic mass is 35.5. The first-order valence-electron chi connectivity index (χ1n) is 5.54. The summed E-state index contributed by atoms with van der Waals surface area (Å²) in [5, 5.41) is 8.20. The largest absolute Gasteiger partial charge is 0.309 e. The molecule has 1 aliphatic heterocycles.